The minimum absolute atomic E-state index is 0.380. The molecule has 0 radical (unpaired) electrons. The fraction of sp³-hybridized carbons (Fsp3) is 0.471. The van der Waals surface area contributed by atoms with Crippen molar-refractivity contribution in [3.8, 4) is 5.75 Å². The van der Waals surface area contributed by atoms with E-state index in [2.05, 4.69) is 43.3 Å². The molecule has 4 nitrogen and oxygen atoms in total. The summed E-state index contributed by atoms with van der Waals surface area (Å²) in [5.41, 5.74) is 2.24. The van der Waals surface area contributed by atoms with Crippen molar-refractivity contribution >= 4 is 0 Å². The molecule has 2 rings (SSSR count). The van der Waals surface area contributed by atoms with Crippen LogP contribution in [0.2, 0.25) is 0 Å². The average molecular weight is 287 g/mol. The normalized spacial score (nSPS) is 12.6. The predicted octanol–water partition coefficient (Wildman–Crippen LogP) is 3.71. The number of aromatic nitrogens is 2. The Bertz CT molecular complexity index is 541. The number of benzene rings is 1. The Kier molecular flexibility index (Phi) is 5.39. The number of rotatable bonds is 7. The highest BCUT2D eigenvalue weighted by molar-refractivity contribution is 5.29. The van der Waals surface area contributed by atoms with Crippen molar-refractivity contribution in [2.24, 2.45) is 0 Å². The Hall–Kier alpha value is -1.81. The fourth-order valence-corrected chi connectivity index (χ4v) is 2.30. The second kappa shape index (κ2) is 7.27. The Morgan fingerprint density at radius 3 is 2.43 bits per heavy atom. The molecule has 0 spiro atoms. The number of ether oxygens (including phenoxy) is 1. The number of hydrogen-bond donors (Lipinski definition) is 1. The summed E-state index contributed by atoms with van der Waals surface area (Å²) >= 11 is 0. The fourth-order valence-electron chi connectivity index (χ4n) is 2.30. The van der Waals surface area contributed by atoms with E-state index >= 15 is 0 Å². The number of hydrogen-bond acceptors (Lipinski definition) is 3. The molecule has 4 heteroatoms. The van der Waals surface area contributed by atoms with Gasteiger partial charge in [0.2, 0.25) is 0 Å². The first-order chi connectivity index (χ1) is 10.1. The van der Waals surface area contributed by atoms with Crippen molar-refractivity contribution in [2.75, 3.05) is 7.05 Å². The lowest BCUT2D eigenvalue weighted by Gasteiger charge is -2.14. The highest BCUT2D eigenvalue weighted by atomic mass is 16.5. The largest absolute Gasteiger partial charge is 0.487 e. The molecule has 1 unspecified atom stereocenters. The highest BCUT2D eigenvalue weighted by Gasteiger charge is 2.07. The van der Waals surface area contributed by atoms with Gasteiger partial charge in [0.05, 0.1) is 5.69 Å². The Labute approximate surface area is 127 Å². The second-order valence-electron chi connectivity index (χ2n) is 5.49. The van der Waals surface area contributed by atoms with Crippen LogP contribution >= 0.6 is 0 Å². The van der Waals surface area contributed by atoms with Gasteiger partial charge in [-0.1, -0.05) is 19.1 Å². The zero-order chi connectivity index (χ0) is 15.2. The molecule has 0 amide bonds. The van der Waals surface area contributed by atoms with Crippen molar-refractivity contribution in [3.05, 3.63) is 47.8 Å². The molecule has 1 aromatic carbocycles. The lowest BCUT2D eigenvalue weighted by molar-refractivity contribution is 0.298. The summed E-state index contributed by atoms with van der Waals surface area (Å²) in [5.74, 6) is 0.879. The van der Waals surface area contributed by atoms with Crippen molar-refractivity contribution in [2.45, 2.75) is 45.9 Å². The first-order valence-corrected chi connectivity index (χ1v) is 7.58. The minimum atomic E-state index is 0.380. The van der Waals surface area contributed by atoms with E-state index in [9.17, 15) is 0 Å². The van der Waals surface area contributed by atoms with Gasteiger partial charge in [-0.15, -0.1) is 0 Å². The summed E-state index contributed by atoms with van der Waals surface area (Å²) in [5, 5.41) is 7.78. The van der Waals surface area contributed by atoms with Gasteiger partial charge in [-0.25, -0.2) is 0 Å². The molecule has 0 aliphatic heterocycles. The van der Waals surface area contributed by atoms with E-state index in [1.165, 1.54) is 5.56 Å². The van der Waals surface area contributed by atoms with Crippen molar-refractivity contribution in [1.82, 2.24) is 15.1 Å². The molecule has 1 N–H and O–H groups in total. The van der Waals surface area contributed by atoms with Gasteiger partial charge in [0, 0.05) is 18.3 Å². The topological polar surface area (TPSA) is 39.1 Å². The van der Waals surface area contributed by atoms with E-state index in [0.717, 1.165) is 17.9 Å². The van der Waals surface area contributed by atoms with Gasteiger partial charge in [0.1, 0.15) is 12.4 Å². The van der Waals surface area contributed by atoms with Gasteiger partial charge in [0.25, 0.3) is 0 Å². The van der Waals surface area contributed by atoms with Gasteiger partial charge in [-0.3, -0.25) is 4.68 Å². The van der Waals surface area contributed by atoms with Crippen LogP contribution in [0.25, 0.3) is 0 Å². The molecule has 0 saturated heterocycles. The van der Waals surface area contributed by atoms with Crippen LogP contribution in [-0.2, 0) is 6.61 Å². The van der Waals surface area contributed by atoms with Gasteiger partial charge < -0.3 is 10.1 Å². The van der Waals surface area contributed by atoms with E-state index in [1.807, 2.05) is 36.1 Å². The molecule has 0 aliphatic carbocycles. The first kappa shape index (κ1) is 15.6. The summed E-state index contributed by atoms with van der Waals surface area (Å²) in [6.07, 6.45) is 3.06. The van der Waals surface area contributed by atoms with E-state index in [0.29, 0.717) is 18.7 Å². The smallest absolute Gasteiger partial charge is 0.132 e. The van der Waals surface area contributed by atoms with Crippen LogP contribution < -0.4 is 10.1 Å². The first-order valence-electron chi connectivity index (χ1n) is 7.58. The van der Waals surface area contributed by atoms with Gasteiger partial charge in [-0.2, -0.15) is 5.10 Å². The highest BCUT2D eigenvalue weighted by Crippen LogP contribution is 2.20. The molecular formula is C17H25N3O. The van der Waals surface area contributed by atoms with Crippen LogP contribution in [-0.4, -0.2) is 16.8 Å². The molecule has 0 bridgehead atoms. The SMILES string of the molecule is CCC(NC)c1ccc(OCc2ccn(C(C)C)n2)cc1. The van der Waals surface area contributed by atoms with Crippen LogP contribution in [0.15, 0.2) is 36.5 Å². The van der Waals surface area contributed by atoms with Crippen molar-refractivity contribution in [3.63, 3.8) is 0 Å². The van der Waals surface area contributed by atoms with Gasteiger partial charge in [0.15, 0.2) is 0 Å². The van der Waals surface area contributed by atoms with Crippen LogP contribution in [0.4, 0.5) is 0 Å². The van der Waals surface area contributed by atoms with Crippen molar-refractivity contribution in [1.29, 1.82) is 0 Å². The average Bonchev–Trinajstić information content (AvgIpc) is 2.97. The molecule has 114 valence electrons. The summed E-state index contributed by atoms with van der Waals surface area (Å²) in [6.45, 7) is 6.91. The zero-order valence-corrected chi connectivity index (χ0v) is 13.3. The number of nitrogens with one attached hydrogen (secondary N) is 1. The molecule has 0 fully saturated rings. The number of nitrogens with zero attached hydrogens (tertiary/aromatic N) is 2. The van der Waals surface area contributed by atoms with E-state index in [1.54, 1.807) is 0 Å². The Balaban J connectivity index is 1.94. The maximum absolute atomic E-state index is 5.79. The Morgan fingerprint density at radius 1 is 1.19 bits per heavy atom. The lowest BCUT2D eigenvalue weighted by atomic mass is 10.1. The molecule has 1 aromatic heterocycles. The van der Waals surface area contributed by atoms with E-state index in [4.69, 9.17) is 4.74 Å². The quantitative estimate of drug-likeness (QED) is 0.843. The third kappa shape index (κ3) is 4.08. The molecule has 0 saturated carbocycles. The van der Waals surface area contributed by atoms with Crippen molar-refractivity contribution < 1.29 is 4.74 Å². The maximum Gasteiger partial charge on any atom is 0.132 e. The molecule has 0 aliphatic rings. The minimum Gasteiger partial charge on any atom is -0.487 e. The Morgan fingerprint density at radius 2 is 1.90 bits per heavy atom. The summed E-state index contributed by atoms with van der Waals surface area (Å²) in [7, 11) is 1.99. The predicted molar refractivity (Wildman–Crippen MR) is 85.5 cm³/mol. The van der Waals surface area contributed by atoms with Crippen LogP contribution in [0.3, 0.4) is 0 Å². The summed E-state index contributed by atoms with van der Waals surface area (Å²) < 4.78 is 7.74. The van der Waals surface area contributed by atoms with Gasteiger partial charge >= 0.3 is 0 Å². The monoisotopic (exact) mass is 287 g/mol. The maximum atomic E-state index is 5.79. The third-order valence-electron chi connectivity index (χ3n) is 3.62. The van der Waals surface area contributed by atoms with E-state index in [-0.39, 0.29) is 0 Å². The molecule has 1 heterocycles. The molecule has 2 aromatic rings. The molecule has 21 heavy (non-hydrogen) atoms. The van der Waals surface area contributed by atoms with Gasteiger partial charge in [-0.05, 0) is 51.1 Å². The second-order valence-corrected chi connectivity index (χ2v) is 5.49. The van der Waals surface area contributed by atoms with E-state index < -0.39 is 0 Å². The molecule has 1 atom stereocenters. The zero-order valence-electron chi connectivity index (χ0n) is 13.3. The molecular weight excluding hydrogens is 262 g/mol. The standard InChI is InChI=1S/C17H25N3O/c1-5-17(18-4)14-6-8-16(9-7-14)21-12-15-10-11-20(19-15)13(2)3/h6-11,13,17-18H,5,12H2,1-4H3. The lowest BCUT2D eigenvalue weighted by Crippen LogP contribution is -2.14. The third-order valence-corrected chi connectivity index (χ3v) is 3.62. The summed E-state index contributed by atoms with van der Waals surface area (Å²) in [6, 6.07) is 11.1. The van der Waals surface area contributed by atoms with Crippen LogP contribution in [0.5, 0.6) is 5.75 Å². The van der Waals surface area contributed by atoms with Crippen LogP contribution in [0.1, 0.15) is 50.5 Å². The van der Waals surface area contributed by atoms with Crippen LogP contribution in [0, 0.1) is 0 Å². The summed E-state index contributed by atoms with van der Waals surface area (Å²) in [4.78, 5) is 0.